The third-order valence-corrected chi connectivity index (χ3v) is 4.13. The zero-order valence-corrected chi connectivity index (χ0v) is 14.0. The van der Waals surface area contributed by atoms with E-state index >= 15 is 0 Å². The van der Waals surface area contributed by atoms with Crippen molar-refractivity contribution in [1.29, 1.82) is 0 Å². The van der Waals surface area contributed by atoms with Gasteiger partial charge < -0.3 is 9.88 Å². The van der Waals surface area contributed by atoms with E-state index in [1.54, 1.807) is 0 Å². The minimum absolute atomic E-state index is 0.135. The van der Waals surface area contributed by atoms with Gasteiger partial charge in [0.1, 0.15) is 5.82 Å². The first-order valence-electron chi connectivity index (χ1n) is 7.10. The fourth-order valence-electron chi connectivity index (χ4n) is 2.48. The van der Waals surface area contributed by atoms with E-state index in [0.29, 0.717) is 5.56 Å². The Labute approximate surface area is 137 Å². The minimum Gasteiger partial charge on any atom is -0.331 e. The molecule has 0 fully saturated rings. The molecule has 0 unspecified atom stereocenters. The molecule has 3 rings (SSSR count). The summed E-state index contributed by atoms with van der Waals surface area (Å²) in [5, 5.41) is 2.90. The number of anilines is 1. The Hall–Kier alpha value is -2.14. The SMILES string of the molecule is CCc1nc2cc(C(=O)Nc3cccc(Br)c3)ccc2n1C. The molecule has 0 aliphatic rings. The molecule has 0 aliphatic heterocycles. The predicted octanol–water partition coefficient (Wildman–Crippen LogP) is 4.15. The van der Waals surface area contributed by atoms with Crippen LogP contribution in [0.25, 0.3) is 11.0 Å². The van der Waals surface area contributed by atoms with Crippen LogP contribution in [-0.4, -0.2) is 15.5 Å². The first-order valence-corrected chi connectivity index (χ1v) is 7.90. The Balaban J connectivity index is 1.91. The Morgan fingerprint density at radius 2 is 2.09 bits per heavy atom. The number of fused-ring (bicyclic) bond motifs is 1. The number of carbonyl (C=O) groups is 1. The second-order valence-corrected chi connectivity index (χ2v) is 6.02. The van der Waals surface area contributed by atoms with E-state index in [9.17, 15) is 4.79 Å². The maximum atomic E-state index is 12.4. The van der Waals surface area contributed by atoms with Gasteiger partial charge in [0.15, 0.2) is 0 Å². The highest BCUT2D eigenvalue weighted by atomic mass is 79.9. The summed E-state index contributed by atoms with van der Waals surface area (Å²) in [6, 6.07) is 13.1. The average Bonchev–Trinajstić information content (AvgIpc) is 2.83. The Kier molecular flexibility index (Phi) is 3.98. The number of nitrogens with one attached hydrogen (secondary N) is 1. The highest BCUT2D eigenvalue weighted by molar-refractivity contribution is 9.10. The fourth-order valence-corrected chi connectivity index (χ4v) is 2.88. The van der Waals surface area contributed by atoms with Gasteiger partial charge in [-0.05, 0) is 36.4 Å². The van der Waals surface area contributed by atoms with Crippen molar-refractivity contribution in [3.63, 3.8) is 0 Å². The van der Waals surface area contributed by atoms with Gasteiger partial charge in [-0.1, -0.05) is 28.9 Å². The molecular weight excluding hydrogens is 342 g/mol. The topological polar surface area (TPSA) is 46.9 Å². The second kappa shape index (κ2) is 5.93. The number of rotatable bonds is 3. The van der Waals surface area contributed by atoms with Crippen LogP contribution in [0.5, 0.6) is 0 Å². The predicted molar refractivity (Wildman–Crippen MR) is 92.2 cm³/mol. The molecule has 5 heteroatoms. The lowest BCUT2D eigenvalue weighted by Crippen LogP contribution is -2.11. The standard InChI is InChI=1S/C17H16BrN3O/c1-3-16-20-14-9-11(7-8-15(14)21(16)2)17(22)19-13-6-4-5-12(18)10-13/h4-10H,3H2,1-2H3,(H,19,22). The molecule has 0 spiro atoms. The van der Waals surface area contributed by atoms with Crippen molar-refractivity contribution in [3.05, 3.63) is 58.3 Å². The number of nitrogens with zero attached hydrogens (tertiary/aromatic N) is 2. The average molecular weight is 358 g/mol. The van der Waals surface area contributed by atoms with Gasteiger partial charge >= 0.3 is 0 Å². The number of benzene rings is 2. The zero-order valence-electron chi connectivity index (χ0n) is 12.4. The number of aromatic nitrogens is 2. The Morgan fingerprint density at radius 1 is 1.27 bits per heavy atom. The lowest BCUT2D eigenvalue weighted by molar-refractivity contribution is 0.102. The smallest absolute Gasteiger partial charge is 0.255 e. The molecule has 1 amide bonds. The number of imidazole rings is 1. The van der Waals surface area contributed by atoms with E-state index in [4.69, 9.17) is 0 Å². The van der Waals surface area contributed by atoms with Gasteiger partial charge in [0, 0.05) is 29.2 Å². The summed E-state index contributed by atoms with van der Waals surface area (Å²) in [4.78, 5) is 16.9. The van der Waals surface area contributed by atoms with E-state index in [0.717, 1.165) is 33.4 Å². The fraction of sp³-hybridized carbons (Fsp3) is 0.176. The quantitative estimate of drug-likeness (QED) is 0.765. The lowest BCUT2D eigenvalue weighted by atomic mass is 10.2. The van der Waals surface area contributed by atoms with Crippen LogP contribution in [-0.2, 0) is 13.5 Å². The van der Waals surface area contributed by atoms with Gasteiger partial charge in [0.05, 0.1) is 11.0 Å². The molecule has 0 aliphatic carbocycles. The molecule has 1 aromatic heterocycles. The number of carbonyl (C=O) groups excluding carboxylic acids is 1. The molecule has 1 heterocycles. The van der Waals surface area contributed by atoms with Crippen molar-refractivity contribution in [2.75, 3.05) is 5.32 Å². The van der Waals surface area contributed by atoms with Crippen LogP contribution in [0.15, 0.2) is 46.9 Å². The highest BCUT2D eigenvalue weighted by Gasteiger charge is 2.11. The normalized spacial score (nSPS) is 10.9. The zero-order chi connectivity index (χ0) is 15.7. The number of hydrogen-bond donors (Lipinski definition) is 1. The molecule has 4 nitrogen and oxygen atoms in total. The third-order valence-electron chi connectivity index (χ3n) is 3.63. The molecule has 0 radical (unpaired) electrons. The van der Waals surface area contributed by atoms with Crippen molar-refractivity contribution < 1.29 is 4.79 Å². The van der Waals surface area contributed by atoms with Crippen LogP contribution in [0.3, 0.4) is 0 Å². The molecule has 1 N–H and O–H groups in total. The number of halogens is 1. The van der Waals surface area contributed by atoms with Crippen LogP contribution in [0.4, 0.5) is 5.69 Å². The van der Waals surface area contributed by atoms with Gasteiger partial charge in [-0.15, -0.1) is 0 Å². The van der Waals surface area contributed by atoms with Gasteiger partial charge in [-0.2, -0.15) is 0 Å². The van der Waals surface area contributed by atoms with E-state index in [2.05, 4.69) is 37.7 Å². The minimum atomic E-state index is -0.135. The first kappa shape index (κ1) is 14.8. The largest absolute Gasteiger partial charge is 0.331 e. The number of hydrogen-bond acceptors (Lipinski definition) is 2. The number of aryl methyl sites for hydroxylation is 2. The van der Waals surface area contributed by atoms with Gasteiger partial charge in [0.25, 0.3) is 5.91 Å². The van der Waals surface area contributed by atoms with Crippen molar-refractivity contribution in [1.82, 2.24) is 9.55 Å². The van der Waals surface area contributed by atoms with Crippen LogP contribution in [0, 0.1) is 0 Å². The Bertz CT molecular complexity index is 854. The maximum Gasteiger partial charge on any atom is 0.255 e. The number of amides is 1. The van der Waals surface area contributed by atoms with Gasteiger partial charge in [0.2, 0.25) is 0 Å². The van der Waals surface area contributed by atoms with Crippen molar-refractivity contribution in [2.24, 2.45) is 7.05 Å². The van der Waals surface area contributed by atoms with Crippen LogP contribution in [0.2, 0.25) is 0 Å². The van der Waals surface area contributed by atoms with Crippen LogP contribution < -0.4 is 5.32 Å². The molecule has 0 atom stereocenters. The summed E-state index contributed by atoms with van der Waals surface area (Å²) in [6.45, 7) is 2.07. The summed E-state index contributed by atoms with van der Waals surface area (Å²) >= 11 is 3.40. The molecular formula is C17H16BrN3O. The monoisotopic (exact) mass is 357 g/mol. The highest BCUT2D eigenvalue weighted by Crippen LogP contribution is 2.19. The first-order chi connectivity index (χ1) is 10.6. The van der Waals surface area contributed by atoms with E-state index < -0.39 is 0 Å². The molecule has 0 saturated carbocycles. The van der Waals surface area contributed by atoms with Crippen molar-refractivity contribution in [3.8, 4) is 0 Å². The molecule has 0 saturated heterocycles. The maximum absolute atomic E-state index is 12.4. The molecule has 2 aromatic carbocycles. The summed E-state index contributed by atoms with van der Waals surface area (Å²) in [6.07, 6.45) is 0.866. The van der Waals surface area contributed by atoms with E-state index in [1.165, 1.54) is 0 Å². The summed E-state index contributed by atoms with van der Waals surface area (Å²) in [7, 11) is 2.00. The van der Waals surface area contributed by atoms with Crippen molar-refractivity contribution >= 4 is 38.6 Å². The Morgan fingerprint density at radius 3 is 2.82 bits per heavy atom. The van der Waals surface area contributed by atoms with Crippen molar-refractivity contribution in [2.45, 2.75) is 13.3 Å². The van der Waals surface area contributed by atoms with Crippen LogP contribution in [0.1, 0.15) is 23.1 Å². The lowest BCUT2D eigenvalue weighted by Gasteiger charge is -2.06. The third kappa shape index (κ3) is 2.76. The summed E-state index contributed by atoms with van der Waals surface area (Å²) < 4.78 is 2.99. The van der Waals surface area contributed by atoms with E-state index in [1.807, 2.05) is 49.5 Å². The molecule has 0 bridgehead atoms. The van der Waals surface area contributed by atoms with E-state index in [-0.39, 0.29) is 5.91 Å². The second-order valence-electron chi connectivity index (χ2n) is 5.11. The molecule has 112 valence electrons. The van der Waals surface area contributed by atoms with Gasteiger partial charge in [-0.25, -0.2) is 4.98 Å². The van der Waals surface area contributed by atoms with Crippen LogP contribution >= 0.6 is 15.9 Å². The summed E-state index contributed by atoms with van der Waals surface area (Å²) in [5.41, 5.74) is 3.25. The molecule has 22 heavy (non-hydrogen) atoms. The summed E-state index contributed by atoms with van der Waals surface area (Å²) in [5.74, 6) is 0.878. The van der Waals surface area contributed by atoms with Gasteiger partial charge in [-0.3, -0.25) is 4.79 Å². The molecule has 3 aromatic rings.